The molecule has 1 aromatic rings. The van der Waals surface area contributed by atoms with Gasteiger partial charge in [-0.15, -0.1) is 0 Å². The van der Waals surface area contributed by atoms with Gasteiger partial charge in [0.2, 0.25) is 5.78 Å². The maximum absolute atomic E-state index is 12.3. The van der Waals surface area contributed by atoms with Crippen LogP contribution in [-0.2, 0) is 14.3 Å². The number of benzene rings is 1. The molecule has 21 heavy (non-hydrogen) atoms. The van der Waals surface area contributed by atoms with Crippen LogP contribution in [0, 0.1) is 0 Å². The van der Waals surface area contributed by atoms with Gasteiger partial charge in [0, 0.05) is 18.4 Å². The van der Waals surface area contributed by atoms with Gasteiger partial charge in [-0.2, -0.15) is 0 Å². The summed E-state index contributed by atoms with van der Waals surface area (Å²) in [5.74, 6) is 0.935. The van der Waals surface area contributed by atoms with Crippen LogP contribution in [0.15, 0.2) is 36.1 Å². The molecular formula is C17H20O4. The Labute approximate surface area is 124 Å². The quantitative estimate of drug-likeness (QED) is 0.835. The maximum Gasteiger partial charge on any atom is 0.202 e. The average Bonchev–Trinajstić information content (AvgIpc) is 2.70. The molecule has 0 aromatic heterocycles. The second kappa shape index (κ2) is 5.72. The molecule has 1 aliphatic heterocycles. The number of hydrogen-bond acceptors (Lipinski definition) is 4. The topological polar surface area (TPSA) is 52.6 Å². The zero-order chi connectivity index (χ0) is 15.6. The molecule has 0 saturated heterocycles. The molecule has 0 unspecified atom stereocenters. The van der Waals surface area contributed by atoms with Crippen molar-refractivity contribution in [3.05, 3.63) is 41.7 Å². The van der Waals surface area contributed by atoms with Crippen LogP contribution in [0.4, 0.5) is 0 Å². The van der Waals surface area contributed by atoms with Gasteiger partial charge in [0.25, 0.3) is 0 Å². The van der Waals surface area contributed by atoms with Crippen molar-refractivity contribution >= 4 is 11.6 Å². The summed E-state index contributed by atoms with van der Waals surface area (Å²) < 4.78 is 10.9. The number of carbonyl (C=O) groups is 2. The molecule has 0 bridgehead atoms. The molecule has 1 heterocycles. The Hall–Kier alpha value is -2.10. The van der Waals surface area contributed by atoms with Crippen LogP contribution in [-0.4, -0.2) is 24.3 Å². The third-order valence-corrected chi connectivity index (χ3v) is 3.87. The highest BCUT2D eigenvalue weighted by molar-refractivity contribution is 6.00. The number of rotatable bonds is 5. The predicted octanol–water partition coefficient (Wildman–Crippen LogP) is 3.02. The molecule has 0 fully saturated rings. The van der Waals surface area contributed by atoms with E-state index in [1.807, 2.05) is 24.3 Å². The van der Waals surface area contributed by atoms with Gasteiger partial charge >= 0.3 is 0 Å². The first-order chi connectivity index (χ1) is 9.86. The van der Waals surface area contributed by atoms with E-state index in [1.54, 1.807) is 21.0 Å². The molecule has 0 spiro atoms. The molecule has 2 atom stereocenters. The lowest BCUT2D eigenvalue weighted by atomic mass is 9.78. The molecule has 0 amide bonds. The molecule has 0 aliphatic carbocycles. The van der Waals surface area contributed by atoms with Crippen molar-refractivity contribution in [3.8, 4) is 5.75 Å². The van der Waals surface area contributed by atoms with Crippen molar-refractivity contribution < 1.29 is 19.1 Å². The molecule has 4 heteroatoms. The van der Waals surface area contributed by atoms with Gasteiger partial charge in [0.15, 0.2) is 5.60 Å². The fourth-order valence-corrected chi connectivity index (χ4v) is 2.74. The average molecular weight is 288 g/mol. The van der Waals surface area contributed by atoms with Crippen molar-refractivity contribution in [3.63, 3.8) is 0 Å². The number of methoxy groups -OCH3 is 1. The first-order valence-electron chi connectivity index (χ1n) is 6.92. The minimum atomic E-state index is -1.02. The van der Waals surface area contributed by atoms with Gasteiger partial charge in [-0.25, -0.2) is 0 Å². The summed E-state index contributed by atoms with van der Waals surface area (Å²) in [6.45, 7) is 5.03. The van der Waals surface area contributed by atoms with Gasteiger partial charge in [-0.1, -0.05) is 12.1 Å². The first-order valence-corrected chi connectivity index (χ1v) is 6.92. The van der Waals surface area contributed by atoms with Crippen molar-refractivity contribution in [1.82, 2.24) is 0 Å². The Morgan fingerprint density at radius 2 is 1.95 bits per heavy atom. The fourth-order valence-electron chi connectivity index (χ4n) is 2.74. The number of allylic oxidation sites excluding steroid dienone is 1. The summed E-state index contributed by atoms with van der Waals surface area (Å²) in [6.07, 6.45) is 1.76. The van der Waals surface area contributed by atoms with Crippen LogP contribution in [0.3, 0.4) is 0 Å². The highest BCUT2D eigenvalue weighted by atomic mass is 16.5. The van der Waals surface area contributed by atoms with E-state index in [0.29, 0.717) is 5.76 Å². The minimum Gasteiger partial charge on any atom is -0.497 e. The zero-order valence-corrected chi connectivity index (χ0v) is 12.8. The van der Waals surface area contributed by atoms with E-state index in [9.17, 15) is 9.59 Å². The van der Waals surface area contributed by atoms with Crippen LogP contribution in [0.1, 0.15) is 38.7 Å². The molecule has 0 radical (unpaired) electrons. The molecule has 2 rings (SSSR count). The number of Topliss-reactive ketones (excluding diaryl/α,β-unsaturated/α-hetero) is 1. The summed E-state index contributed by atoms with van der Waals surface area (Å²) in [4.78, 5) is 23.9. The van der Waals surface area contributed by atoms with Gasteiger partial charge < -0.3 is 14.3 Å². The molecule has 0 saturated carbocycles. The first kappa shape index (κ1) is 15.3. The van der Waals surface area contributed by atoms with Crippen molar-refractivity contribution in [2.75, 3.05) is 7.11 Å². The second-order valence-corrected chi connectivity index (χ2v) is 5.56. The molecule has 1 aliphatic rings. The Morgan fingerprint density at radius 1 is 1.33 bits per heavy atom. The van der Waals surface area contributed by atoms with E-state index >= 15 is 0 Å². The summed E-state index contributed by atoms with van der Waals surface area (Å²) >= 11 is 0. The van der Waals surface area contributed by atoms with Crippen LogP contribution < -0.4 is 4.74 Å². The van der Waals surface area contributed by atoms with Crippen molar-refractivity contribution in [1.29, 1.82) is 0 Å². The normalized spacial score (nSPS) is 22.5. The number of carbonyl (C=O) groups excluding carboxylic acids is 2. The third kappa shape index (κ3) is 2.99. The van der Waals surface area contributed by atoms with Crippen LogP contribution in [0.2, 0.25) is 0 Å². The van der Waals surface area contributed by atoms with Crippen LogP contribution >= 0.6 is 0 Å². The molecule has 4 nitrogen and oxygen atoms in total. The Morgan fingerprint density at radius 3 is 2.38 bits per heavy atom. The SMILES string of the molecule is COc1ccc([C@@H](CC(C)=O)[C@@]2(C)OC(C)=CC2=O)cc1. The second-order valence-electron chi connectivity index (χ2n) is 5.56. The Bertz CT molecular complexity index is 585. The van der Waals surface area contributed by atoms with E-state index < -0.39 is 5.60 Å². The highest BCUT2D eigenvalue weighted by Gasteiger charge is 2.47. The van der Waals surface area contributed by atoms with E-state index in [1.165, 1.54) is 13.0 Å². The van der Waals surface area contributed by atoms with E-state index in [2.05, 4.69) is 0 Å². The summed E-state index contributed by atoms with van der Waals surface area (Å²) in [5, 5.41) is 0. The standard InChI is InChI=1S/C17H20O4/c1-11(18)9-15(13-5-7-14(20-4)8-6-13)17(3)16(19)10-12(2)21-17/h5-8,10,15H,9H2,1-4H3/t15-,17-/m1/s1. The third-order valence-electron chi connectivity index (χ3n) is 3.87. The lowest BCUT2D eigenvalue weighted by molar-refractivity contribution is -0.132. The van der Waals surface area contributed by atoms with Gasteiger partial charge in [0.1, 0.15) is 11.5 Å². The minimum absolute atomic E-state index is 0.0259. The summed E-state index contributed by atoms with van der Waals surface area (Å²) in [5.41, 5.74) is -0.130. The van der Waals surface area contributed by atoms with Crippen LogP contribution in [0.5, 0.6) is 5.75 Å². The van der Waals surface area contributed by atoms with Crippen molar-refractivity contribution in [2.45, 2.75) is 38.7 Å². The molecule has 1 aromatic carbocycles. The van der Waals surface area contributed by atoms with Gasteiger partial charge in [-0.05, 0) is 38.5 Å². The summed E-state index contributed by atoms with van der Waals surface area (Å²) in [6, 6.07) is 7.40. The Kier molecular flexibility index (Phi) is 4.16. The lowest BCUT2D eigenvalue weighted by Crippen LogP contribution is -2.40. The number of hydrogen-bond donors (Lipinski definition) is 0. The monoisotopic (exact) mass is 288 g/mol. The predicted molar refractivity (Wildman–Crippen MR) is 79.3 cm³/mol. The van der Waals surface area contributed by atoms with E-state index in [0.717, 1.165) is 11.3 Å². The smallest absolute Gasteiger partial charge is 0.202 e. The Balaban J connectivity index is 2.38. The number of ketones is 2. The largest absolute Gasteiger partial charge is 0.497 e. The summed E-state index contributed by atoms with van der Waals surface area (Å²) in [7, 11) is 1.60. The molecular weight excluding hydrogens is 268 g/mol. The van der Waals surface area contributed by atoms with E-state index in [-0.39, 0.29) is 23.9 Å². The van der Waals surface area contributed by atoms with Gasteiger partial charge in [-0.3, -0.25) is 4.79 Å². The zero-order valence-electron chi connectivity index (χ0n) is 12.8. The molecule has 0 N–H and O–H groups in total. The van der Waals surface area contributed by atoms with Crippen molar-refractivity contribution in [2.24, 2.45) is 0 Å². The van der Waals surface area contributed by atoms with Gasteiger partial charge in [0.05, 0.1) is 12.9 Å². The number of ether oxygens (including phenoxy) is 2. The van der Waals surface area contributed by atoms with E-state index in [4.69, 9.17) is 9.47 Å². The lowest BCUT2D eigenvalue weighted by Gasteiger charge is -2.32. The maximum atomic E-state index is 12.3. The van der Waals surface area contributed by atoms with Crippen LogP contribution in [0.25, 0.3) is 0 Å². The molecule has 112 valence electrons. The fraction of sp³-hybridized carbons (Fsp3) is 0.412. The highest BCUT2D eigenvalue weighted by Crippen LogP contribution is 2.40.